The number of hydrogen-bond acceptors (Lipinski definition) is 4. The Morgan fingerprint density at radius 2 is 1.52 bits per heavy atom. The van der Waals surface area contributed by atoms with Crippen LogP contribution >= 0.6 is 0 Å². The van der Waals surface area contributed by atoms with Crippen LogP contribution in [0, 0.1) is 17.2 Å². The van der Waals surface area contributed by atoms with E-state index in [9.17, 15) is 17.2 Å². The Kier molecular flexibility index (Phi) is 6.37. The van der Waals surface area contributed by atoms with Crippen LogP contribution in [-0.4, -0.2) is 62.7 Å². The van der Waals surface area contributed by atoms with Crippen molar-refractivity contribution in [3.63, 3.8) is 0 Å². The van der Waals surface area contributed by atoms with Gasteiger partial charge in [0.1, 0.15) is 12.3 Å². The molecule has 8 heteroatoms. The van der Waals surface area contributed by atoms with E-state index in [1.807, 2.05) is 12.1 Å². The van der Waals surface area contributed by atoms with E-state index in [1.165, 1.54) is 4.31 Å². The summed E-state index contributed by atoms with van der Waals surface area (Å²) in [4.78, 5) is 2.04. The Bertz CT molecular complexity index is 1040. The highest BCUT2D eigenvalue weighted by molar-refractivity contribution is 7.89. The average Bonchev–Trinajstić information content (AvgIpc) is 3.39. The Balaban J connectivity index is 1.36. The molecule has 4 rings (SSSR count). The Labute approximate surface area is 181 Å². The van der Waals surface area contributed by atoms with E-state index in [0.717, 1.165) is 24.0 Å². The van der Waals surface area contributed by atoms with Gasteiger partial charge in [-0.3, -0.25) is 4.90 Å². The third kappa shape index (κ3) is 4.79. The fraction of sp³-hybridized carbons (Fsp3) is 0.435. The lowest BCUT2D eigenvalue weighted by Gasteiger charge is -2.19. The Morgan fingerprint density at radius 1 is 0.935 bits per heavy atom. The van der Waals surface area contributed by atoms with E-state index in [4.69, 9.17) is 5.26 Å². The lowest BCUT2D eigenvalue weighted by molar-refractivity contribution is 0.217. The monoisotopic (exact) mass is 445 g/mol. The lowest BCUT2D eigenvalue weighted by atomic mass is 10.0. The summed E-state index contributed by atoms with van der Waals surface area (Å²) in [6.45, 7) is 1.75. The summed E-state index contributed by atoms with van der Waals surface area (Å²) >= 11 is 0. The second-order valence-corrected chi connectivity index (χ2v) is 10.2. The highest BCUT2D eigenvalue weighted by atomic mass is 32.2. The third-order valence-corrected chi connectivity index (χ3v) is 8.08. The van der Waals surface area contributed by atoms with Crippen molar-refractivity contribution < 1.29 is 17.2 Å². The maximum absolute atomic E-state index is 13.3. The summed E-state index contributed by atoms with van der Waals surface area (Å²) < 4.78 is 54.2. The number of sulfonamides is 1. The van der Waals surface area contributed by atoms with Gasteiger partial charge in [-0.25, -0.2) is 17.2 Å². The molecule has 0 spiro atoms. The van der Waals surface area contributed by atoms with E-state index in [0.29, 0.717) is 25.2 Å². The van der Waals surface area contributed by atoms with Crippen LogP contribution in [0.1, 0.15) is 18.4 Å². The predicted molar refractivity (Wildman–Crippen MR) is 114 cm³/mol. The van der Waals surface area contributed by atoms with Crippen molar-refractivity contribution >= 4 is 10.0 Å². The molecule has 0 aliphatic carbocycles. The number of nitriles is 1. The molecule has 2 aliphatic rings. The van der Waals surface area contributed by atoms with Crippen LogP contribution in [0.15, 0.2) is 53.4 Å². The zero-order chi connectivity index (χ0) is 22.0. The van der Waals surface area contributed by atoms with Gasteiger partial charge in [0.2, 0.25) is 10.0 Å². The number of rotatable bonds is 6. The molecule has 1 unspecified atom stereocenters. The van der Waals surface area contributed by atoms with Crippen molar-refractivity contribution in [3.8, 4) is 17.2 Å². The summed E-state index contributed by atoms with van der Waals surface area (Å²) in [5.41, 5.74) is 2.37. The first-order valence-corrected chi connectivity index (χ1v) is 11.9. The minimum Gasteiger partial charge on any atom is -0.297 e. The maximum Gasteiger partial charge on any atom is 0.243 e. The van der Waals surface area contributed by atoms with Crippen LogP contribution in [0.25, 0.3) is 11.1 Å². The molecule has 0 aromatic heterocycles. The molecule has 31 heavy (non-hydrogen) atoms. The molecule has 0 radical (unpaired) electrons. The van der Waals surface area contributed by atoms with Crippen molar-refractivity contribution in [2.75, 3.05) is 32.7 Å². The van der Waals surface area contributed by atoms with Gasteiger partial charge in [-0.1, -0.05) is 24.3 Å². The zero-order valence-corrected chi connectivity index (χ0v) is 17.9. The van der Waals surface area contributed by atoms with Crippen molar-refractivity contribution in [2.24, 2.45) is 5.92 Å². The molecule has 3 atom stereocenters. The van der Waals surface area contributed by atoms with E-state index in [-0.39, 0.29) is 23.9 Å². The number of benzene rings is 2. The second kappa shape index (κ2) is 9.03. The first kappa shape index (κ1) is 21.9. The standard InChI is InChI=1S/C23H25F2N3O2S/c24-22-15-27(16-23(22)25)11-9-18-10-12-28(14-18)31(29,30)21-7-5-20(6-8-21)19-3-1-17(13-26)2-4-19/h1-8,18,22-23H,9-12,14-16H2/t18?,22-,23-/m1/s1. The first-order chi connectivity index (χ1) is 14.9. The summed E-state index contributed by atoms with van der Waals surface area (Å²) in [5, 5.41) is 8.90. The highest BCUT2D eigenvalue weighted by Crippen LogP contribution is 2.29. The topological polar surface area (TPSA) is 64.4 Å². The zero-order valence-electron chi connectivity index (χ0n) is 17.1. The van der Waals surface area contributed by atoms with Crippen molar-refractivity contribution in [1.82, 2.24) is 9.21 Å². The van der Waals surface area contributed by atoms with Crippen molar-refractivity contribution in [2.45, 2.75) is 30.1 Å². The van der Waals surface area contributed by atoms with Crippen LogP contribution in [0.3, 0.4) is 0 Å². The van der Waals surface area contributed by atoms with Crippen molar-refractivity contribution in [3.05, 3.63) is 54.1 Å². The minimum absolute atomic E-state index is 0.126. The van der Waals surface area contributed by atoms with Gasteiger partial charge >= 0.3 is 0 Å². The lowest BCUT2D eigenvalue weighted by Crippen LogP contribution is -2.30. The fourth-order valence-electron chi connectivity index (χ4n) is 4.30. The molecule has 2 saturated heterocycles. The Hall–Kier alpha value is -2.34. The number of nitrogens with zero attached hydrogens (tertiary/aromatic N) is 3. The summed E-state index contributed by atoms with van der Waals surface area (Å²) in [5.74, 6) is 0.199. The van der Waals surface area contributed by atoms with E-state index in [1.54, 1.807) is 41.3 Å². The van der Waals surface area contributed by atoms with Gasteiger partial charge in [-0.15, -0.1) is 0 Å². The molecule has 5 nitrogen and oxygen atoms in total. The molecule has 0 saturated carbocycles. The largest absolute Gasteiger partial charge is 0.297 e. The molecular weight excluding hydrogens is 420 g/mol. The maximum atomic E-state index is 13.3. The average molecular weight is 446 g/mol. The number of alkyl halides is 2. The molecule has 0 amide bonds. The van der Waals surface area contributed by atoms with Crippen LogP contribution in [0.2, 0.25) is 0 Å². The molecule has 2 aromatic carbocycles. The summed E-state index contributed by atoms with van der Waals surface area (Å²) in [6, 6.07) is 16.0. The van der Waals surface area contributed by atoms with Crippen LogP contribution in [0.4, 0.5) is 8.78 Å². The smallest absolute Gasteiger partial charge is 0.243 e. The number of hydrogen-bond donors (Lipinski definition) is 0. The second-order valence-electron chi connectivity index (χ2n) is 8.31. The molecule has 164 valence electrons. The van der Waals surface area contributed by atoms with Gasteiger partial charge in [0.25, 0.3) is 0 Å². The molecule has 0 N–H and O–H groups in total. The Morgan fingerprint density at radius 3 is 2.10 bits per heavy atom. The number of likely N-dealkylation sites (tertiary alicyclic amines) is 1. The molecule has 2 aromatic rings. The van der Waals surface area contributed by atoms with Gasteiger partial charge in [-0.2, -0.15) is 9.57 Å². The van der Waals surface area contributed by atoms with Gasteiger partial charge in [-0.05, 0) is 60.7 Å². The van der Waals surface area contributed by atoms with E-state index >= 15 is 0 Å². The summed E-state index contributed by atoms with van der Waals surface area (Å²) in [7, 11) is -3.58. The van der Waals surface area contributed by atoms with Crippen LogP contribution in [0.5, 0.6) is 0 Å². The van der Waals surface area contributed by atoms with E-state index in [2.05, 4.69) is 6.07 Å². The van der Waals surface area contributed by atoms with Crippen LogP contribution < -0.4 is 0 Å². The van der Waals surface area contributed by atoms with E-state index < -0.39 is 22.4 Å². The molecule has 2 aliphatic heterocycles. The van der Waals surface area contributed by atoms with Crippen molar-refractivity contribution in [1.29, 1.82) is 5.26 Å². The molecular formula is C23H25F2N3O2S. The minimum atomic E-state index is -3.58. The van der Waals surface area contributed by atoms with Gasteiger partial charge < -0.3 is 0 Å². The predicted octanol–water partition coefficient (Wildman–Crippen LogP) is 3.62. The molecule has 2 fully saturated rings. The van der Waals surface area contributed by atoms with Crippen LogP contribution in [-0.2, 0) is 10.0 Å². The SMILES string of the molecule is N#Cc1ccc(-c2ccc(S(=O)(=O)N3CCC(CCN4C[C@@H](F)[C@H](F)C4)C3)cc2)cc1. The fourth-order valence-corrected chi connectivity index (χ4v) is 5.83. The highest BCUT2D eigenvalue weighted by Gasteiger charge is 2.35. The molecule has 0 bridgehead atoms. The quantitative estimate of drug-likeness (QED) is 0.681. The third-order valence-electron chi connectivity index (χ3n) is 6.20. The van der Waals surface area contributed by atoms with Gasteiger partial charge in [0, 0.05) is 26.2 Å². The van der Waals surface area contributed by atoms with Gasteiger partial charge in [0.15, 0.2) is 0 Å². The van der Waals surface area contributed by atoms with Gasteiger partial charge in [0.05, 0.1) is 16.5 Å². The molecule has 2 heterocycles. The normalized spacial score (nSPS) is 25.0. The summed E-state index contributed by atoms with van der Waals surface area (Å²) in [6.07, 6.45) is -1.32. The first-order valence-electron chi connectivity index (χ1n) is 10.5. The number of halogens is 2.